The fourth-order valence-electron chi connectivity index (χ4n) is 2.08. The van der Waals surface area contributed by atoms with Gasteiger partial charge in [0, 0.05) is 0 Å². The molecule has 0 bridgehead atoms. The molecule has 0 aliphatic rings. The van der Waals surface area contributed by atoms with E-state index in [0.29, 0.717) is 5.75 Å². The van der Waals surface area contributed by atoms with E-state index in [2.05, 4.69) is 0 Å². The lowest BCUT2D eigenvalue weighted by Gasteiger charge is -2.10. The van der Waals surface area contributed by atoms with Crippen molar-refractivity contribution in [2.24, 2.45) is 0 Å². The number of hydrogen-bond acceptors (Lipinski definition) is 3. The molecule has 100 valence electrons. The Labute approximate surface area is 113 Å². The molecule has 0 unspecified atom stereocenters. The predicted octanol–water partition coefficient (Wildman–Crippen LogP) is 3.19. The number of ether oxygens (including phenoxy) is 2. The molecular weight excluding hydrogens is 240 g/mol. The number of aromatic hydroxyl groups is 1. The fraction of sp³-hybridized carbons (Fsp3) is 0.250. The quantitative estimate of drug-likeness (QED) is 0.895. The highest BCUT2D eigenvalue weighted by Crippen LogP contribution is 2.30. The molecule has 0 spiro atoms. The van der Waals surface area contributed by atoms with Crippen LogP contribution < -0.4 is 9.47 Å². The summed E-state index contributed by atoms with van der Waals surface area (Å²) in [7, 11) is 3.23. The first-order chi connectivity index (χ1) is 9.24. The standard InChI is InChI=1S/C16H18O3/c1-18-14-10-7-12(8-11-14)6-9-13-4-3-5-15(17)16(13)19-2/h3-5,7-8,10-11,17H,6,9H2,1-2H3. The molecule has 2 aromatic rings. The molecule has 1 N–H and O–H groups in total. The molecule has 0 heterocycles. The van der Waals surface area contributed by atoms with Crippen LogP contribution in [0.5, 0.6) is 17.2 Å². The number of hydrogen-bond donors (Lipinski definition) is 1. The molecule has 0 atom stereocenters. The molecule has 3 heteroatoms. The lowest BCUT2D eigenvalue weighted by atomic mass is 10.0. The van der Waals surface area contributed by atoms with Gasteiger partial charge in [-0.05, 0) is 42.2 Å². The van der Waals surface area contributed by atoms with E-state index in [0.717, 1.165) is 24.2 Å². The third-order valence-corrected chi connectivity index (χ3v) is 3.12. The highest BCUT2D eigenvalue weighted by Gasteiger charge is 2.07. The number of aryl methyl sites for hydroxylation is 2. The van der Waals surface area contributed by atoms with Crippen LogP contribution in [0.4, 0.5) is 0 Å². The Kier molecular flexibility index (Phi) is 4.29. The number of methoxy groups -OCH3 is 2. The summed E-state index contributed by atoms with van der Waals surface area (Å²) in [6.45, 7) is 0. The second-order valence-corrected chi connectivity index (χ2v) is 4.32. The average molecular weight is 258 g/mol. The van der Waals surface area contributed by atoms with E-state index < -0.39 is 0 Å². The molecule has 0 aliphatic heterocycles. The Morgan fingerprint density at radius 1 is 0.895 bits per heavy atom. The van der Waals surface area contributed by atoms with Gasteiger partial charge in [0.15, 0.2) is 11.5 Å². The van der Waals surface area contributed by atoms with Gasteiger partial charge in [-0.1, -0.05) is 24.3 Å². The third kappa shape index (κ3) is 3.19. The van der Waals surface area contributed by atoms with Gasteiger partial charge in [-0.25, -0.2) is 0 Å². The molecule has 2 aromatic carbocycles. The minimum atomic E-state index is 0.190. The van der Waals surface area contributed by atoms with Crippen molar-refractivity contribution in [1.82, 2.24) is 0 Å². The van der Waals surface area contributed by atoms with Gasteiger partial charge < -0.3 is 14.6 Å². The molecule has 0 fully saturated rings. The Morgan fingerprint density at radius 2 is 1.63 bits per heavy atom. The molecule has 3 nitrogen and oxygen atoms in total. The van der Waals surface area contributed by atoms with Crippen LogP contribution in [0.3, 0.4) is 0 Å². The third-order valence-electron chi connectivity index (χ3n) is 3.12. The molecule has 0 amide bonds. The zero-order valence-electron chi connectivity index (χ0n) is 11.2. The summed E-state index contributed by atoms with van der Waals surface area (Å²) < 4.78 is 10.4. The molecule has 19 heavy (non-hydrogen) atoms. The summed E-state index contributed by atoms with van der Waals surface area (Å²) in [5.41, 5.74) is 2.24. The van der Waals surface area contributed by atoms with Crippen LogP contribution in [0.2, 0.25) is 0 Å². The van der Waals surface area contributed by atoms with Crippen LogP contribution in [0.15, 0.2) is 42.5 Å². The minimum absolute atomic E-state index is 0.190. The predicted molar refractivity (Wildman–Crippen MR) is 75.1 cm³/mol. The Hall–Kier alpha value is -2.16. The first-order valence-electron chi connectivity index (χ1n) is 6.22. The van der Waals surface area contributed by atoms with Gasteiger partial charge in [-0.15, -0.1) is 0 Å². The summed E-state index contributed by atoms with van der Waals surface area (Å²) >= 11 is 0. The van der Waals surface area contributed by atoms with Crippen LogP contribution in [0, 0.1) is 0 Å². The topological polar surface area (TPSA) is 38.7 Å². The normalized spacial score (nSPS) is 10.2. The molecule has 0 saturated carbocycles. The van der Waals surface area contributed by atoms with Crippen LogP contribution in [-0.4, -0.2) is 19.3 Å². The van der Waals surface area contributed by atoms with E-state index >= 15 is 0 Å². The Balaban J connectivity index is 2.07. The summed E-state index contributed by atoms with van der Waals surface area (Å²) in [6.07, 6.45) is 1.72. The summed E-state index contributed by atoms with van der Waals surface area (Å²) in [5.74, 6) is 1.62. The number of phenolic OH excluding ortho intramolecular Hbond substituents is 1. The zero-order chi connectivity index (χ0) is 13.7. The van der Waals surface area contributed by atoms with E-state index in [4.69, 9.17) is 9.47 Å². The van der Waals surface area contributed by atoms with Crippen molar-refractivity contribution >= 4 is 0 Å². The first-order valence-corrected chi connectivity index (χ1v) is 6.22. The van der Waals surface area contributed by atoms with Crippen molar-refractivity contribution in [3.63, 3.8) is 0 Å². The SMILES string of the molecule is COc1ccc(CCc2cccc(O)c2OC)cc1. The minimum Gasteiger partial charge on any atom is -0.504 e. The molecule has 0 radical (unpaired) electrons. The Bertz CT molecular complexity index is 532. The lowest BCUT2D eigenvalue weighted by Crippen LogP contribution is -1.96. The summed E-state index contributed by atoms with van der Waals surface area (Å²) in [6, 6.07) is 13.4. The summed E-state index contributed by atoms with van der Waals surface area (Å²) in [4.78, 5) is 0. The zero-order valence-corrected chi connectivity index (χ0v) is 11.2. The number of rotatable bonds is 5. The maximum atomic E-state index is 9.72. The van der Waals surface area contributed by atoms with Gasteiger partial charge in [-0.3, -0.25) is 0 Å². The van der Waals surface area contributed by atoms with E-state index in [9.17, 15) is 5.11 Å². The van der Waals surface area contributed by atoms with Gasteiger partial charge in [-0.2, -0.15) is 0 Å². The van der Waals surface area contributed by atoms with Crippen molar-refractivity contribution in [3.8, 4) is 17.2 Å². The molecule has 0 saturated heterocycles. The van der Waals surface area contributed by atoms with Gasteiger partial charge >= 0.3 is 0 Å². The monoisotopic (exact) mass is 258 g/mol. The van der Waals surface area contributed by atoms with E-state index in [-0.39, 0.29) is 5.75 Å². The smallest absolute Gasteiger partial charge is 0.163 e. The number of para-hydroxylation sites is 1. The largest absolute Gasteiger partial charge is 0.504 e. The molecular formula is C16H18O3. The maximum Gasteiger partial charge on any atom is 0.163 e. The number of benzene rings is 2. The second-order valence-electron chi connectivity index (χ2n) is 4.32. The van der Waals surface area contributed by atoms with Crippen LogP contribution in [0.25, 0.3) is 0 Å². The highest BCUT2D eigenvalue weighted by atomic mass is 16.5. The van der Waals surface area contributed by atoms with Crippen molar-refractivity contribution in [1.29, 1.82) is 0 Å². The highest BCUT2D eigenvalue weighted by molar-refractivity contribution is 5.46. The second kappa shape index (κ2) is 6.14. The van der Waals surface area contributed by atoms with Gasteiger partial charge in [0.2, 0.25) is 0 Å². The van der Waals surface area contributed by atoms with Crippen LogP contribution >= 0.6 is 0 Å². The van der Waals surface area contributed by atoms with E-state index in [1.54, 1.807) is 20.3 Å². The Morgan fingerprint density at radius 3 is 2.26 bits per heavy atom. The first kappa shape index (κ1) is 13.3. The molecule has 0 aromatic heterocycles. The van der Waals surface area contributed by atoms with Crippen molar-refractivity contribution in [2.45, 2.75) is 12.8 Å². The van der Waals surface area contributed by atoms with E-state index in [1.165, 1.54) is 5.56 Å². The number of phenols is 1. The van der Waals surface area contributed by atoms with Crippen molar-refractivity contribution in [3.05, 3.63) is 53.6 Å². The van der Waals surface area contributed by atoms with Gasteiger partial charge in [0.25, 0.3) is 0 Å². The van der Waals surface area contributed by atoms with Crippen LogP contribution in [0.1, 0.15) is 11.1 Å². The molecule has 2 rings (SSSR count). The maximum absolute atomic E-state index is 9.72. The fourth-order valence-corrected chi connectivity index (χ4v) is 2.08. The van der Waals surface area contributed by atoms with E-state index in [1.807, 2.05) is 36.4 Å². The summed E-state index contributed by atoms with van der Waals surface area (Å²) in [5, 5.41) is 9.72. The average Bonchev–Trinajstić information content (AvgIpc) is 2.45. The van der Waals surface area contributed by atoms with Crippen LogP contribution in [-0.2, 0) is 12.8 Å². The molecule has 0 aliphatic carbocycles. The van der Waals surface area contributed by atoms with Crippen molar-refractivity contribution in [2.75, 3.05) is 14.2 Å². The van der Waals surface area contributed by atoms with Gasteiger partial charge in [0.1, 0.15) is 5.75 Å². The van der Waals surface area contributed by atoms with Crippen molar-refractivity contribution < 1.29 is 14.6 Å². The van der Waals surface area contributed by atoms with Gasteiger partial charge in [0.05, 0.1) is 14.2 Å². The lowest BCUT2D eigenvalue weighted by molar-refractivity contribution is 0.369.